The molecule has 0 saturated heterocycles. The van der Waals surface area contributed by atoms with Gasteiger partial charge < -0.3 is 0 Å². The van der Waals surface area contributed by atoms with Gasteiger partial charge >= 0.3 is 0 Å². The Morgan fingerprint density at radius 3 is 2.83 bits per heavy atom. The topological polar surface area (TPSA) is 12.9 Å². The van der Waals surface area contributed by atoms with Gasteiger partial charge in [0.1, 0.15) is 4.83 Å². The Balaban J connectivity index is 2.71. The van der Waals surface area contributed by atoms with Gasteiger partial charge in [0.2, 0.25) is 0 Å². The van der Waals surface area contributed by atoms with Gasteiger partial charge in [-0.25, -0.2) is 4.98 Å². The van der Waals surface area contributed by atoms with Crippen LogP contribution in [0, 0.1) is 0 Å². The predicted molar refractivity (Wildman–Crippen MR) is 55.0 cm³/mol. The molecule has 0 spiro atoms. The molecule has 0 saturated carbocycles. The molecule has 3 aromatic rings. The monoisotopic (exact) mass is 191 g/mol. The summed E-state index contributed by atoms with van der Waals surface area (Å²) in [4.78, 5) is 5.51. The zero-order valence-electron chi connectivity index (χ0n) is 6.15. The van der Waals surface area contributed by atoms with Gasteiger partial charge in [-0.2, -0.15) is 0 Å². The highest BCUT2D eigenvalue weighted by Gasteiger charge is 2.02. The second-order valence-corrected chi connectivity index (χ2v) is 4.44. The van der Waals surface area contributed by atoms with Crippen molar-refractivity contribution in [3.63, 3.8) is 0 Å². The van der Waals surface area contributed by atoms with Gasteiger partial charge in [-0.3, -0.25) is 0 Å². The van der Waals surface area contributed by atoms with Crippen LogP contribution >= 0.6 is 22.7 Å². The smallest absolute Gasteiger partial charge is 0.123 e. The summed E-state index contributed by atoms with van der Waals surface area (Å²) >= 11 is 3.45. The van der Waals surface area contributed by atoms with Crippen LogP contribution in [-0.2, 0) is 0 Å². The highest BCUT2D eigenvalue weighted by molar-refractivity contribution is 7.18. The SMILES string of the molecule is c1cc2c(cnc3sccc32)s1. The largest absolute Gasteiger partial charge is 0.244 e. The zero-order chi connectivity index (χ0) is 7.97. The van der Waals surface area contributed by atoms with Crippen LogP contribution < -0.4 is 0 Å². The van der Waals surface area contributed by atoms with Gasteiger partial charge in [-0.1, -0.05) is 0 Å². The molecule has 0 aliphatic carbocycles. The quantitative estimate of drug-likeness (QED) is 0.530. The van der Waals surface area contributed by atoms with E-state index in [1.165, 1.54) is 15.5 Å². The lowest BCUT2D eigenvalue weighted by molar-refractivity contribution is 1.49. The summed E-state index contributed by atoms with van der Waals surface area (Å²) in [7, 11) is 0. The van der Waals surface area contributed by atoms with Crippen molar-refractivity contribution in [2.24, 2.45) is 0 Å². The minimum atomic E-state index is 1.14. The first-order valence-corrected chi connectivity index (χ1v) is 5.40. The maximum Gasteiger partial charge on any atom is 0.123 e. The molecule has 0 aliphatic rings. The highest BCUT2D eigenvalue weighted by Crippen LogP contribution is 2.29. The third-order valence-electron chi connectivity index (χ3n) is 1.93. The Bertz CT molecular complexity index is 486. The van der Waals surface area contributed by atoms with E-state index in [1.807, 2.05) is 6.20 Å². The summed E-state index contributed by atoms with van der Waals surface area (Å²) in [5, 5.41) is 6.84. The molecule has 0 amide bonds. The lowest BCUT2D eigenvalue weighted by Gasteiger charge is -1.89. The van der Waals surface area contributed by atoms with E-state index in [0.29, 0.717) is 0 Å². The molecular weight excluding hydrogens is 186 g/mol. The minimum absolute atomic E-state index is 1.14. The molecule has 0 N–H and O–H groups in total. The van der Waals surface area contributed by atoms with Crippen LogP contribution in [0.1, 0.15) is 0 Å². The molecule has 0 unspecified atom stereocenters. The fourth-order valence-corrected chi connectivity index (χ4v) is 2.89. The Kier molecular flexibility index (Phi) is 1.25. The number of hydrogen-bond donors (Lipinski definition) is 0. The molecule has 12 heavy (non-hydrogen) atoms. The van der Waals surface area contributed by atoms with E-state index < -0.39 is 0 Å². The normalized spacial score (nSPS) is 11.3. The number of nitrogens with zero attached hydrogens (tertiary/aromatic N) is 1. The lowest BCUT2D eigenvalue weighted by Crippen LogP contribution is -1.69. The first-order valence-electron chi connectivity index (χ1n) is 3.64. The maximum absolute atomic E-state index is 4.37. The van der Waals surface area contributed by atoms with Crippen molar-refractivity contribution in [3.05, 3.63) is 29.1 Å². The lowest BCUT2D eigenvalue weighted by atomic mass is 10.2. The number of hydrogen-bond acceptors (Lipinski definition) is 3. The van der Waals surface area contributed by atoms with E-state index in [0.717, 1.165) is 4.83 Å². The van der Waals surface area contributed by atoms with Gasteiger partial charge in [0, 0.05) is 17.0 Å². The third kappa shape index (κ3) is 0.750. The van der Waals surface area contributed by atoms with Gasteiger partial charge in [0.25, 0.3) is 0 Å². The van der Waals surface area contributed by atoms with Crippen molar-refractivity contribution in [3.8, 4) is 0 Å². The van der Waals surface area contributed by atoms with E-state index >= 15 is 0 Å². The van der Waals surface area contributed by atoms with Crippen LogP contribution in [0.4, 0.5) is 0 Å². The van der Waals surface area contributed by atoms with E-state index in [9.17, 15) is 0 Å². The van der Waals surface area contributed by atoms with Crippen LogP contribution in [-0.4, -0.2) is 4.98 Å². The predicted octanol–water partition coefficient (Wildman–Crippen LogP) is 3.51. The van der Waals surface area contributed by atoms with Crippen molar-refractivity contribution in [1.29, 1.82) is 0 Å². The van der Waals surface area contributed by atoms with E-state index in [1.54, 1.807) is 22.7 Å². The van der Waals surface area contributed by atoms with Crippen LogP contribution in [0.25, 0.3) is 20.3 Å². The molecule has 3 heterocycles. The molecule has 0 aliphatic heterocycles. The molecule has 0 fully saturated rings. The Morgan fingerprint density at radius 2 is 1.83 bits per heavy atom. The van der Waals surface area contributed by atoms with Crippen LogP contribution in [0.5, 0.6) is 0 Å². The maximum atomic E-state index is 4.37. The summed E-state index contributed by atoms with van der Waals surface area (Å²) in [6, 6.07) is 4.30. The summed E-state index contributed by atoms with van der Waals surface area (Å²) in [6.07, 6.45) is 1.96. The van der Waals surface area contributed by atoms with E-state index in [4.69, 9.17) is 0 Å². The average molecular weight is 191 g/mol. The number of pyridine rings is 1. The second kappa shape index (κ2) is 2.28. The number of rotatable bonds is 0. The molecule has 58 valence electrons. The van der Waals surface area contributed by atoms with Crippen LogP contribution in [0.3, 0.4) is 0 Å². The molecule has 0 aromatic carbocycles. The Morgan fingerprint density at radius 1 is 1.00 bits per heavy atom. The summed E-state index contributed by atoms with van der Waals surface area (Å²) in [5.41, 5.74) is 0. The summed E-state index contributed by atoms with van der Waals surface area (Å²) in [5.74, 6) is 0. The molecule has 3 aromatic heterocycles. The van der Waals surface area contributed by atoms with Crippen molar-refractivity contribution in [1.82, 2.24) is 4.98 Å². The van der Waals surface area contributed by atoms with Crippen molar-refractivity contribution in [2.45, 2.75) is 0 Å². The number of thiophene rings is 2. The third-order valence-corrected chi connectivity index (χ3v) is 3.60. The van der Waals surface area contributed by atoms with E-state index in [2.05, 4.69) is 27.9 Å². The first-order chi connectivity index (χ1) is 5.95. The summed E-state index contributed by atoms with van der Waals surface area (Å²) < 4.78 is 1.28. The Labute approximate surface area is 77.3 Å². The fourth-order valence-electron chi connectivity index (χ4n) is 1.37. The average Bonchev–Trinajstić information content (AvgIpc) is 2.71. The standard InChI is InChI=1S/C9H5NS2/c1-3-11-8-5-10-9-7(6(1)8)2-4-12-9/h1-5H. The highest BCUT2D eigenvalue weighted by atomic mass is 32.1. The molecule has 0 atom stereocenters. The van der Waals surface area contributed by atoms with Crippen molar-refractivity contribution < 1.29 is 0 Å². The number of aromatic nitrogens is 1. The second-order valence-electron chi connectivity index (χ2n) is 2.60. The zero-order valence-corrected chi connectivity index (χ0v) is 7.78. The van der Waals surface area contributed by atoms with Gasteiger partial charge in [0.15, 0.2) is 0 Å². The van der Waals surface area contributed by atoms with Gasteiger partial charge in [0.05, 0.1) is 4.70 Å². The summed E-state index contributed by atoms with van der Waals surface area (Å²) in [6.45, 7) is 0. The molecular formula is C9H5NS2. The van der Waals surface area contributed by atoms with Crippen LogP contribution in [0.15, 0.2) is 29.1 Å². The molecule has 0 bridgehead atoms. The van der Waals surface area contributed by atoms with Crippen molar-refractivity contribution in [2.75, 3.05) is 0 Å². The molecule has 3 heteroatoms. The van der Waals surface area contributed by atoms with Gasteiger partial charge in [-0.05, 0) is 22.9 Å². The number of fused-ring (bicyclic) bond motifs is 3. The van der Waals surface area contributed by atoms with Crippen molar-refractivity contribution >= 4 is 43.0 Å². The first kappa shape index (κ1) is 6.57. The van der Waals surface area contributed by atoms with E-state index in [-0.39, 0.29) is 0 Å². The molecule has 3 rings (SSSR count). The Hall–Kier alpha value is -0.930. The van der Waals surface area contributed by atoms with Gasteiger partial charge in [-0.15, -0.1) is 22.7 Å². The minimum Gasteiger partial charge on any atom is -0.244 e. The van der Waals surface area contributed by atoms with Crippen LogP contribution in [0.2, 0.25) is 0 Å². The fraction of sp³-hybridized carbons (Fsp3) is 0. The molecule has 1 nitrogen and oxygen atoms in total. The molecule has 0 radical (unpaired) electrons.